The third kappa shape index (κ3) is 3.26. The lowest BCUT2D eigenvalue weighted by atomic mass is 10.0. The zero-order chi connectivity index (χ0) is 12.3. The summed E-state index contributed by atoms with van der Waals surface area (Å²) in [4.78, 5) is 11.9. The van der Waals surface area contributed by atoms with Crippen LogP contribution in [0.2, 0.25) is 0 Å². The summed E-state index contributed by atoms with van der Waals surface area (Å²) in [6.45, 7) is 0.846. The number of benzene rings is 1. The number of carbonyl (C=O) groups excluding carboxylic acids is 1. The summed E-state index contributed by atoms with van der Waals surface area (Å²) in [6, 6.07) is 4.29. The Balaban J connectivity index is 2.04. The van der Waals surface area contributed by atoms with Crippen molar-refractivity contribution in [1.29, 1.82) is 0 Å². The maximum atomic E-state index is 13.4. The minimum atomic E-state index is -0.419. The molecule has 1 aromatic rings. The summed E-state index contributed by atoms with van der Waals surface area (Å²) < 4.78 is 14.2. The molecule has 5 heteroatoms. The van der Waals surface area contributed by atoms with Crippen LogP contribution in [0, 0.1) is 5.82 Å². The average molecular weight is 301 g/mol. The molecule has 0 saturated carbocycles. The van der Waals surface area contributed by atoms with E-state index in [-0.39, 0.29) is 17.6 Å². The van der Waals surface area contributed by atoms with Crippen molar-refractivity contribution in [3.63, 3.8) is 0 Å². The molecule has 1 amide bonds. The van der Waals surface area contributed by atoms with Crippen LogP contribution in [-0.4, -0.2) is 18.5 Å². The van der Waals surface area contributed by atoms with Crippen molar-refractivity contribution >= 4 is 27.5 Å². The number of carbonyl (C=O) groups is 1. The second kappa shape index (κ2) is 5.60. The van der Waals surface area contributed by atoms with Crippen molar-refractivity contribution in [1.82, 2.24) is 5.32 Å². The molecule has 3 nitrogen and oxygen atoms in total. The van der Waals surface area contributed by atoms with Crippen LogP contribution in [0.5, 0.6) is 0 Å². The Morgan fingerprint density at radius 1 is 1.47 bits per heavy atom. The first-order valence-electron chi connectivity index (χ1n) is 5.66. The second-order valence-electron chi connectivity index (χ2n) is 4.12. The Labute approximate surface area is 108 Å². The van der Waals surface area contributed by atoms with E-state index < -0.39 is 5.82 Å². The highest BCUT2D eigenvalue weighted by Crippen LogP contribution is 2.20. The van der Waals surface area contributed by atoms with E-state index in [9.17, 15) is 9.18 Å². The van der Waals surface area contributed by atoms with Crippen LogP contribution in [-0.2, 0) is 4.79 Å². The molecule has 0 aliphatic carbocycles. The van der Waals surface area contributed by atoms with Gasteiger partial charge in [0.25, 0.3) is 0 Å². The van der Waals surface area contributed by atoms with Gasteiger partial charge in [-0.25, -0.2) is 4.39 Å². The molecule has 1 fully saturated rings. The second-order valence-corrected chi connectivity index (χ2v) is 5.03. The van der Waals surface area contributed by atoms with E-state index in [2.05, 4.69) is 26.6 Å². The molecule has 1 aromatic carbocycles. The Kier molecular flexibility index (Phi) is 4.12. The third-order valence-corrected chi connectivity index (χ3v) is 3.31. The maximum absolute atomic E-state index is 13.4. The van der Waals surface area contributed by atoms with Crippen LogP contribution in [0.15, 0.2) is 22.7 Å². The topological polar surface area (TPSA) is 41.1 Å². The molecule has 0 radical (unpaired) electrons. The number of piperidine rings is 1. The van der Waals surface area contributed by atoms with Gasteiger partial charge in [-0.3, -0.25) is 4.79 Å². The van der Waals surface area contributed by atoms with Crippen LogP contribution >= 0.6 is 15.9 Å². The van der Waals surface area contributed by atoms with E-state index in [1.807, 2.05) is 0 Å². The maximum Gasteiger partial charge on any atom is 0.241 e. The fourth-order valence-electron chi connectivity index (χ4n) is 1.89. The minimum absolute atomic E-state index is 0.165. The van der Waals surface area contributed by atoms with Gasteiger partial charge in [-0.2, -0.15) is 0 Å². The summed E-state index contributed by atoms with van der Waals surface area (Å²) in [5, 5.41) is 5.74. The molecule has 17 heavy (non-hydrogen) atoms. The van der Waals surface area contributed by atoms with E-state index in [4.69, 9.17) is 0 Å². The van der Waals surface area contributed by atoms with Gasteiger partial charge in [0, 0.05) is 4.47 Å². The number of nitrogens with one attached hydrogen (secondary N) is 2. The fourth-order valence-corrected chi connectivity index (χ4v) is 2.25. The minimum Gasteiger partial charge on any atom is -0.322 e. The average Bonchev–Trinajstić information content (AvgIpc) is 2.35. The first-order chi connectivity index (χ1) is 8.16. The van der Waals surface area contributed by atoms with Gasteiger partial charge in [0.1, 0.15) is 5.82 Å². The number of amides is 1. The van der Waals surface area contributed by atoms with Gasteiger partial charge >= 0.3 is 0 Å². The third-order valence-electron chi connectivity index (χ3n) is 2.81. The van der Waals surface area contributed by atoms with E-state index in [0.717, 1.165) is 30.3 Å². The number of anilines is 1. The highest BCUT2D eigenvalue weighted by molar-refractivity contribution is 9.10. The quantitative estimate of drug-likeness (QED) is 0.882. The van der Waals surface area contributed by atoms with Crippen molar-refractivity contribution in [2.75, 3.05) is 11.9 Å². The van der Waals surface area contributed by atoms with E-state index >= 15 is 0 Å². The standard InChI is InChI=1S/C12H14BrFN2O/c13-8-4-5-9(14)11(7-8)16-12(17)10-3-1-2-6-15-10/h4-5,7,10,15H,1-3,6H2,(H,16,17)/t10-/m0/s1. The van der Waals surface area contributed by atoms with Crippen molar-refractivity contribution in [2.24, 2.45) is 0 Å². The van der Waals surface area contributed by atoms with E-state index in [1.54, 1.807) is 12.1 Å². The highest BCUT2D eigenvalue weighted by Gasteiger charge is 2.21. The predicted molar refractivity (Wildman–Crippen MR) is 68.4 cm³/mol. The Morgan fingerprint density at radius 3 is 3.00 bits per heavy atom. The molecule has 2 N–H and O–H groups in total. The zero-order valence-electron chi connectivity index (χ0n) is 9.30. The van der Waals surface area contributed by atoms with Gasteiger partial charge in [0.2, 0.25) is 5.91 Å². The molecule has 1 aliphatic rings. The Bertz CT molecular complexity index is 419. The Hall–Kier alpha value is -0.940. The van der Waals surface area contributed by atoms with Crippen molar-refractivity contribution in [3.8, 4) is 0 Å². The SMILES string of the molecule is O=C(Nc1cc(Br)ccc1F)[C@@H]1CCCCN1. The van der Waals surface area contributed by atoms with Gasteiger partial charge in [0.15, 0.2) is 0 Å². The van der Waals surface area contributed by atoms with Crippen molar-refractivity contribution in [3.05, 3.63) is 28.5 Å². The molecule has 92 valence electrons. The van der Waals surface area contributed by atoms with Crippen LogP contribution in [0.25, 0.3) is 0 Å². The summed E-state index contributed by atoms with van der Waals surface area (Å²) in [5.74, 6) is -0.584. The van der Waals surface area contributed by atoms with Crippen molar-refractivity contribution in [2.45, 2.75) is 25.3 Å². The largest absolute Gasteiger partial charge is 0.322 e. The van der Waals surface area contributed by atoms with Gasteiger partial charge in [-0.05, 0) is 37.6 Å². The first kappa shape index (κ1) is 12.5. The molecule has 1 heterocycles. The lowest BCUT2D eigenvalue weighted by Crippen LogP contribution is -2.43. The van der Waals surface area contributed by atoms with Gasteiger partial charge < -0.3 is 10.6 Å². The zero-order valence-corrected chi connectivity index (χ0v) is 10.9. The molecule has 1 aliphatic heterocycles. The molecular weight excluding hydrogens is 287 g/mol. The lowest BCUT2D eigenvalue weighted by molar-refractivity contribution is -0.118. The summed E-state index contributed by atoms with van der Waals surface area (Å²) in [7, 11) is 0. The number of hydrogen-bond donors (Lipinski definition) is 2. The van der Waals surface area contributed by atoms with Gasteiger partial charge in [0.05, 0.1) is 11.7 Å². The molecule has 0 unspecified atom stereocenters. The summed E-state index contributed by atoms with van der Waals surface area (Å²) in [6.07, 6.45) is 2.93. The molecular formula is C12H14BrFN2O. The predicted octanol–water partition coefficient (Wildman–Crippen LogP) is 2.67. The fraction of sp³-hybridized carbons (Fsp3) is 0.417. The van der Waals surface area contributed by atoms with E-state index in [1.165, 1.54) is 6.07 Å². The monoisotopic (exact) mass is 300 g/mol. The van der Waals surface area contributed by atoms with Crippen molar-refractivity contribution < 1.29 is 9.18 Å². The lowest BCUT2D eigenvalue weighted by Gasteiger charge is -2.22. The Morgan fingerprint density at radius 2 is 2.29 bits per heavy atom. The number of hydrogen-bond acceptors (Lipinski definition) is 2. The summed E-state index contributed by atoms with van der Waals surface area (Å²) >= 11 is 3.25. The molecule has 0 spiro atoms. The van der Waals surface area contributed by atoms with Crippen LogP contribution < -0.4 is 10.6 Å². The van der Waals surface area contributed by atoms with Gasteiger partial charge in [-0.15, -0.1) is 0 Å². The summed E-state index contributed by atoms with van der Waals surface area (Å²) in [5.41, 5.74) is 0.219. The van der Waals surface area contributed by atoms with Crippen LogP contribution in [0.4, 0.5) is 10.1 Å². The smallest absolute Gasteiger partial charge is 0.241 e. The highest BCUT2D eigenvalue weighted by atomic mass is 79.9. The van der Waals surface area contributed by atoms with Gasteiger partial charge in [-0.1, -0.05) is 22.4 Å². The van der Waals surface area contributed by atoms with Crippen LogP contribution in [0.1, 0.15) is 19.3 Å². The number of rotatable bonds is 2. The number of halogens is 2. The van der Waals surface area contributed by atoms with E-state index in [0.29, 0.717) is 0 Å². The molecule has 1 saturated heterocycles. The van der Waals surface area contributed by atoms with Crippen LogP contribution in [0.3, 0.4) is 0 Å². The molecule has 0 bridgehead atoms. The first-order valence-corrected chi connectivity index (χ1v) is 6.45. The normalized spacial score (nSPS) is 20.0. The molecule has 2 rings (SSSR count). The molecule has 0 aromatic heterocycles. The molecule has 1 atom stereocenters.